The molecule has 1 aromatic carbocycles. The summed E-state index contributed by atoms with van der Waals surface area (Å²) in [7, 11) is 0. The highest BCUT2D eigenvalue weighted by Crippen LogP contribution is 2.30. The fourth-order valence-electron chi connectivity index (χ4n) is 2.48. The van der Waals surface area contributed by atoms with Crippen molar-refractivity contribution in [2.45, 2.75) is 20.3 Å². The maximum atomic E-state index is 11.2. The van der Waals surface area contributed by atoms with Crippen molar-refractivity contribution in [2.24, 2.45) is 11.8 Å². The molecular weight excluding hydrogens is 214 g/mol. The normalized spacial score (nSPS) is 19.9. The van der Waals surface area contributed by atoms with E-state index in [9.17, 15) is 9.90 Å². The summed E-state index contributed by atoms with van der Waals surface area (Å²) < 4.78 is 0. The molecule has 0 radical (unpaired) electrons. The van der Waals surface area contributed by atoms with Crippen LogP contribution >= 0.6 is 0 Å². The molecule has 1 atom stereocenters. The van der Waals surface area contributed by atoms with Gasteiger partial charge in [0.25, 0.3) is 0 Å². The SMILES string of the molecule is CC(C)C1CCN(c2ccccc2C(=O)O)C1. The van der Waals surface area contributed by atoms with Crippen LogP contribution in [0.1, 0.15) is 30.6 Å². The minimum absolute atomic E-state index is 0.414. The smallest absolute Gasteiger partial charge is 0.337 e. The Morgan fingerprint density at radius 3 is 2.71 bits per heavy atom. The van der Waals surface area contributed by atoms with Crippen LogP contribution in [-0.2, 0) is 0 Å². The van der Waals surface area contributed by atoms with Gasteiger partial charge in [0, 0.05) is 13.1 Å². The maximum absolute atomic E-state index is 11.2. The summed E-state index contributed by atoms with van der Waals surface area (Å²) in [5.41, 5.74) is 1.28. The van der Waals surface area contributed by atoms with Gasteiger partial charge in [0.15, 0.2) is 0 Å². The van der Waals surface area contributed by atoms with E-state index in [2.05, 4.69) is 18.7 Å². The third kappa shape index (κ3) is 2.43. The molecule has 1 saturated heterocycles. The molecule has 1 aromatic rings. The molecule has 0 amide bonds. The van der Waals surface area contributed by atoms with Crippen LogP contribution in [0, 0.1) is 11.8 Å². The van der Waals surface area contributed by atoms with E-state index >= 15 is 0 Å². The number of hydrogen-bond donors (Lipinski definition) is 1. The Morgan fingerprint density at radius 2 is 2.12 bits per heavy atom. The second kappa shape index (κ2) is 4.78. The van der Waals surface area contributed by atoms with Gasteiger partial charge in [-0.25, -0.2) is 4.79 Å². The molecule has 92 valence electrons. The predicted molar refractivity (Wildman–Crippen MR) is 68.6 cm³/mol. The summed E-state index contributed by atoms with van der Waals surface area (Å²) in [4.78, 5) is 13.4. The molecule has 1 aliphatic heterocycles. The van der Waals surface area contributed by atoms with E-state index in [1.54, 1.807) is 12.1 Å². The molecule has 2 rings (SSSR count). The average Bonchev–Trinajstić information content (AvgIpc) is 2.78. The molecule has 0 spiro atoms. The number of aromatic carboxylic acids is 1. The number of anilines is 1. The second-order valence-electron chi connectivity index (χ2n) is 5.06. The molecule has 1 unspecified atom stereocenters. The third-order valence-corrected chi connectivity index (χ3v) is 3.64. The van der Waals surface area contributed by atoms with Gasteiger partial charge in [-0.15, -0.1) is 0 Å². The zero-order valence-corrected chi connectivity index (χ0v) is 10.4. The molecule has 17 heavy (non-hydrogen) atoms. The predicted octanol–water partition coefficient (Wildman–Crippen LogP) is 2.87. The van der Waals surface area contributed by atoms with E-state index in [1.807, 2.05) is 12.1 Å². The van der Waals surface area contributed by atoms with Crippen molar-refractivity contribution in [3.63, 3.8) is 0 Å². The molecule has 0 aromatic heterocycles. The first-order chi connectivity index (χ1) is 8.09. The van der Waals surface area contributed by atoms with Gasteiger partial charge in [-0.1, -0.05) is 26.0 Å². The van der Waals surface area contributed by atoms with Crippen LogP contribution in [0.15, 0.2) is 24.3 Å². The van der Waals surface area contributed by atoms with Crippen molar-refractivity contribution in [1.82, 2.24) is 0 Å². The number of benzene rings is 1. The zero-order chi connectivity index (χ0) is 12.4. The third-order valence-electron chi connectivity index (χ3n) is 3.64. The largest absolute Gasteiger partial charge is 0.478 e. The Bertz CT molecular complexity index is 414. The highest BCUT2D eigenvalue weighted by molar-refractivity contribution is 5.94. The number of rotatable bonds is 3. The fourth-order valence-corrected chi connectivity index (χ4v) is 2.48. The molecule has 1 aliphatic rings. The first kappa shape index (κ1) is 12.0. The number of para-hydroxylation sites is 1. The molecule has 1 fully saturated rings. The molecule has 0 aliphatic carbocycles. The molecule has 0 bridgehead atoms. The lowest BCUT2D eigenvalue weighted by Gasteiger charge is -2.21. The van der Waals surface area contributed by atoms with Crippen molar-refractivity contribution < 1.29 is 9.90 Å². The van der Waals surface area contributed by atoms with Crippen LogP contribution in [-0.4, -0.2) is 24.2 Å². The number of carboxylic acids is 1. The Morgan fingerprint density at radius 1 is 1.41 bits per heavy atom. The van der Waals surface area contributed by atoms with Crippen LogP contribution in [0.5, 0.6) is 0 Å². The summed E-state index contributed by atoms with van der Waals surface area (Å²) in [6.45, 7) is 6.41. The molecule has 0 saturated carbocycles. The van der Waals surface area contributed by atoms with Crippen LogP contribution in [0.3, 0.4) is 0 Å². The van der Waals surface area contributed by atoms with E-state index < -0.39 is 5.97 Å². The standard InChI is InChI=1S/C14H19NO2/c1-10(2)11-7-8-15(9-11)13-6-4-3-5-12(13)14(16)17/h3-6,10-11H,7-9H2,1-2H3,(H,16,17). The van der Waals surface area contributed by atoms with Crippen LogP contribution < -0.4 is 4.90 Å². The zero-order valence-electron chi connectivity index (χ0n) is 10.4. The van der Waals surface area contributed by atoms with Gasteiger partial charge in [-0.2, -0.15) is 0 Å². The molecule has 1 heterocycles. The van der Waals surface area contributed by atoms with Crippen LogP contribution in [0.25, 0.3) is 0 Å². The topological polar surface area (TPSA) is 40.5 Å². The van der Waals surface area contributed by atoms with Gasteiger partial charge in [0.1, 0.15) is 0 Å². The highest BCUT2D eigenvalue weighted by Gasteiger charge is 2.27. The van der Waals surface area contributed by atoms with Crippen LogP contribution in [0.2, 0.25) is 0 Å². The minimum Gasteiger partial charge on any atom is -0.478 e. The Hall–Kier alpha value is -1.51. The molecular formula is C14H19NO2. The highest BCUT2D eigenvalue weighted by atomic mass is 16.4. The number of nitrogens with zero attached hydrogens (tertiary/aromatic N) is 1. The van der Waals surface area contributed by atoms with E-state index in [0.29, 0.717) is 17.4 Å². The number of carboxylic acid groups (broad SMARTS) is 1. The van der Waals surface area contributed by atoms with Crippen molar-refractivity contribution in [3.8, 4) is 0 Å². The Kier molecular flexibility index (Phi) is 3.36. The molecule has 3 nitrogen and oxygen atoms in total. The molecule has 3 heteroatoms. The van der Waals surface area contributed by atoms with Crippen LogP contribution in [0.4, 0.5) is 5.69 Å². The second-order valence-corrected chi connectivity index (χ2v) is 5.06. The van der Waals surface area contributed by atoms with E-state index in [0.717, 1.165) is 25.2 Å². The lowest BCUT2D eigenvalue weighted by atomic mass is 9.95. The van der Waals surface area contributed by atoms with Gasteiger partial charge in [0.05, 0.1) is 11.3 Å². The monoisotopic (exact) mass is 233 g/mol. The number of hydrogen-bond acceptors (Lipinski definition) is 2. The van der Waals surface area contributed by atoms with E-state index in [1.165, 1.54) is 0 Å². The Labute approximate surface area is 102 Å². The van der Waals surface area contributed by atoms with Crippen molar-refractivity contribution >= 4 is 11.7 Å². The van der Waals surface area contributed by atoms with Crippen molar-refractivity contribution in [3.05, 3.63) is 29.8 Å². The van der Waals surface area contributed by atoms with Gasteiger partial charge < -0.3 is 10.0 Å². The summed E-state index contributed by atoms with van der Waals surface area (Å²) >= 11 is 0. The van der Waals surface area contributed by atoms with Gasteiger partial charge >= 0.3 is 5.97 Å². The first-order valence-corrected chi connectivity index (χ1v) is 6.17. The average molecular weight is 233 g/mol. The van der Waals surface area contributed by atoms with E-state index in [-0.39, 0.29) is 0 Å². The summed E-state index contributed by atoms with van der Waals surface area (Å²) in [5, 5.41) is 9.17. The number of carbonyl (C=O) groups is 1. The summed E-state index contributed by atoms with van der Waals surface area (Å²) in [6.07, 6.45) is 1.16. The lowest BCUT2D eigenvalue weighted by Crippen LogP contribution is -2.23. The first-order valence-electron chi connectivity index (χ1n) is 6.17. The lowest BCUT2D eigenvalue weighted by molar-refractivity contribution is 0.0697. The van der Waals surface area contributed by atoms with Gasteiger partial charge in [0.2, 0.25) is 0 Å². The Balaban J connectivity index is 2.21. The summed E-state index contributed by atoms with van der Waals surface area (Å²) in [6, 6.07) is 7.28. The minimum atomic E-state index is -0.839. The van der Waals surface area contributed by atoms with Crippen molar-refractivity contribution in [2.75, 3.05) is 18.0 Å². The van der Waals surface area contributed by atoms with Crippen molar-refractivity contribution in [1.29, 1.82) is 0 Å². The van der Waals surface area contributed by atoms with Gasteiger partial charge in [-0.3, -0.25) is 0 Å². The molecule has 1 N–H and O–H groups in total. The fraction of sp³-hybridized carbons (Fsp3) is 0.500. The van der Waals surface area contributed by atoms with E-state index in [4.69, 9.17) is 0 Å². The quantitative estimate of drug-likeness (QED) is 0.872. The maximum Gasteiger partial charge on any atom is 0.337 e. The van der Waals surface area contributed by atoms with Gasteiger partial charge in [-0.05, 0) is 30.4 Å². The summed E-state index contributed by atoms with van der Waals surface area (Å²) in [5.74, 6) is 0.502.